The Labute approximate surface area is 217 Å². The minimum absolute atomic E-state index is 0.0368. The quantitative estimate of drug-likeness (QED) is 0.369. The molecule has 5 rings (SSSR count). The molecule has 2 heterocycles. The van der Waals surface area contributed by atoms with E-state index in [0.29, 0.717) is 11.1 Å². The normalized spacial score (nSPS) is 15.5. The Morgan fingerprint density at radius 2 is 1.63 bits per heavy atom. The van der Waals surface area contributed by atoms with Gasteiger partial charge in [0.1, 0.15) is 5.82 Å². The van der Waals surface area contributed by atoms with Crippen LogP contribution in [0.4, 0.5) is 13.2 Å². The van der Waals surface area contributed by atoms with Crippen molar-refractivity contribution in [3.8, 4) is 0 Å². The fourth-order valence-electron chi connectivity index (χ4n) is 4.80. The van der Waals surface area contributed by atoms with Crippen LogP contribution >= 0.6 is 0 Å². The first kappa shape index (κ1) is 25.9. The van der Waals surface area contributed by atoms with Gasteiger partial charge in [-0.1, -0.05) is 24.3 Å². The molecule has 1 aliphatic heterocycles. The molecule has 1 amide bonds. The third kappa shape index (κ3) is 4.77. The van der Waals surface area contributed by atoms with Crippen LogP contribution in [0.25, 0.3) is 10.9 Å². The number of carbonyl (C=O) groups is 1. The van der Waals surface area contributed by atoms with Crippen molar-refractivity contribution in [2.24, 2.45) is 0 Å². The predicted octanol–water partition coefficient (Wildman–Crippen LogP) is 4.75. The molecule has 3 aromatic carbocycles. The van der Waals surface area contributed by atoms with Gasteiger partial charge in [-0.15, -0.1) is 0 Å². The first-order valence-electron chi connectivity index (χ1n) is 11.9. The van der Waals surface area contributed by atoms with E-state index in [2.05, 4.69) is 4.98 Å². The van der Waals surface area contributed by atoms with Crippen LogP contribution in [0.5, 0.6) is 0 Å². The van der Waals surface area contributed by atoms with Gasteiger partial charge in [-0.25, -0.2) is 21.6 Å². The second-order valence-electron chi connectivity index (χ2n) is 9.33. The molecule has 0 bridgehead atoms. The van der Waals surface area contributed by atoms with E-state index in [1.54, 1.807) is 0 Å². The number of sulfone groups is 1. The topological polar surface area (TPSA) is 87.6 Å². The van der Waals surface area contributed by atoms with Crippen molar-refractivity contribution in [2.45, 2.75) is 29.1 Å². The van der Waals surface area contributed by atoms with Crippen molar-refractivity contribution in [3.05, 3.63) is 107 Å². The maximum atomic E-state index is 14.2. The Kier molecular flexibility index (Phi) is 6.70. The number of aromatic nitrogens is 1. The van der Waals surface area contributed by atoms with Crippen LogP contribution in [0.3, 0.4) is 0 Å². The van der Waals surface area contributed by atoms with Crippen LogP contribution < -0.4 is 0 Å². The summed E-state index contributed by atoms with van der Waals surface area (Å²) in [6.07, 6.45) is 1.47. The Balaban J connectivity index is 1.28. The highest BCUT2D eigenvalue weighted by atomic mass is 32.2. The first-order chi connectivity index (χ1) is 18.1. The van der Waals surface area contributed by atoms with E-state index in [1.165, 1.54) is 65.7 Å². The number of carbonyl (C=O) groups excluding carboxylic acids is 1. The average Bonchev–Trinajstić information content (AvgIpc) is 2.90. The maximum absolute atomic E-state index is 14.2. The molecular formula is C28H23F3N2O4S. The molecule has 1 N–H and O–H groups in total. The second-order valence-corrected chi connectivity index (χ2v) is 11.3. The van der Waals surface area contributed by atoms with E-state index in [1.807, 2.05) is 0 Å². The summed E-state index contributed by atoms with van der Waals surface area (Å²) >= 11 is 0. The molecular weight excluding hydrogens is 517 g/mol. The summed E-state index contributed by atoms with van der Waals surface area (Å²) in [5.41, 5.74) is -0.894. The van der Waals surface area contributed by atoms with Gasteiger partial charge in [-0.05, 0) is 60.9 Å². The van der Waals surface area contributed by atoms with E-state index in [0.717, 1.165) is 12.1 Å². The molecule has 38 heavy (non-hydrogen) atoms. The van der Waals surface area contributed by atoms with E-state index in [4.69, 9.17) is 0 Å². The smallest absolute Gasteiger partial charge is 0.253 e. The molecule has 10 heteroatoms. The highest BCUT2D eigenvalue weighted by Crippen LogP contribution is 2.35. The van der Waals surface area contributed by atoms with Gasteiger partial charge in [-0.3, -0.25) is 9.78 Å². The standard InChI is InChI=1S/C28H23F3N2O4S/c29-22-10-11-24(26-20(22)3-2-14-32-26)38(36,37)17-18-6-8-19(9-7-18)27(34)33-15-12-28(35,13-16-33)21-4-1-5-23(30)25(21)31/h1-11,14,35H,12-13,15-17H2. The number of benzene rings is 3. The van der Waals surface area contributed by atoms with Crippen LogP contribution in [0.1, 0.15) is 34.3 Å². The number of nitrogens with zero attached hydrogens (tertiary/aromatic N) is 2. The van der Waals surface area contributed by atoms with Gasteiger partial charge >= 0.3 is 0 Å². The number of likely N-dealkylation sites (tertiary alicyclic amines) is 1. The molecule has 196 valence electrons. The van der Waals surface area contributed by atoms with Crippen LogP contribution in [0.2, 0.25) is 0 Å². The largest absolute Gasteiger partial charge is 0.385 e. The minimum atomic E-state index is -3.87. The Morgan fingerprint density at radius 1 is 0.921 bits per heavy atom. The highest BCUT2D eigenvalue weighted by molar-refractivity contribution is 7.90. The van der Waals surface area contributed by atoms with Gasteiger partial charge in [0.15, 0.2) is 21.5 Å². The molecule has 0 spiro atoms. The lowest BCUT2D eigenvalue weighted by Gasteiger charge is -2.38. The first-order valence-corrected chi connectivity index (χ1v) is 13.6. The molecule has 1 fully saturated rings. The third-order valence-corrected chi connectivity index (χ3v) is 8.62. The summed E-state index contributed by atoms with van der Waals surface area (Å²) in [6.45, 7) is 0.262. The molecule has 0 aliphatic carbocycles. The zero-order valence-corrected chi connectivity index (χ0v) is 20.9. The van der Waals surface area contributed by atoms with E-state index >= 15 is 0 Å². The van der Waals surface area contributed by atoms with Gasteiger partial charge in [0.2, 0.25) is 0 Å². The van der Waals surface area contributed by atoms with E-state index < -0.39 is 32.9 Å². The Hall–Kier alpha value is -3.76. The van der Waals surface area contributed by atoms with Crippen molar-refractivity contribution in [1.29, 1.82) is 0 Å². The summed E-state index contributed by atoms with van der Waals surface area (Å²) in [4.78, 5) is 18.5. The van der Waals surface area contributed by atoms with Crippen molar-refractivity contribution in [1.82, 2.24) is 9.88 Å². The number of amides is 1. The molecule has 1 aliphatic rings. The van der Waals surface area contributed by atoms with Crippen molar-refractivity contribution in [3.63, 3.8) is 0 Å². The van der Waals surface area contributed by atoms with Crippen molar-refractivity contribution >= 4 is 26.6 Å². The predicted molar refractivity (Wildman–Crippen MR) is 134 cm³/mol. The van der Waals surface area contributed by atoms with Gasteiger partial charge in [0.05, 0.1) is 21.8 Å². The Bertz CT molecular complexity index is 1630. The third-order valence-electron chi connectivity index (χ3n) is 6.90. The number of pyridine rings is 1. The summed E-state index contributed by atoms with van der Waals surface area (Å²) in [5, 5.41) is 11.0. The number of hydrogen-bond acceptors (Lipinski definition) is 5. The number of aliphatic hydroxyl groups is 1. The molecule has 0 saturated carbocycles. The molecule has 0 atom stereocenters. The summed E-state index contributed by atoms with van der Waals surface area (Å²) in [7, 11) is -3.87. The molecule has 1 saturated heterocycles. The van der Waals surface area contributed by atoms with Gasteiger partial charge in [0, 0.05) is 35.8 Å². The fourth-order valence-corrected chi connectivity index (χ4v) is 6.32. The second kappa shape index (κ2) is 9.85. The number of halogens is 3. The van der Waals surface area contributed by atoms with Crippen LogP contribution in [-0.4, -0.2) is 42.4 Å². The van der Waals surface area contributed by atoms with Gasteiger partial charge < -0.3 is 10.0 Å². The molecule has 0 radical (unpaired) electrons. The summed E-state index contributed by atoms with van der Waals surface area (Å²) in [6, 6.07) is 15.0. The number of hydrogen-bond donors (Lipinski definition) is 1. The average molecular weight is 541 g/mol. The van der Waals surface area contributed by atoms with Crippen molar-refractivity contribution < 1.29 is 31.5 Å². The molecule has 0 unspecified atom stereocenters. The molecule has 1 aromatic heterocycles. The van der Waals surface area contributed by atoms with Crippen LogP contribution in [0, 0.1) is 17.5 Å². The van der Waals surface area contributed by atoms with Crippen molar-refractivity contribution in [2.75, 3.05) is 13.1 Å². The minimum Gasteiger partial charge on any atom is -0.385 e. The Morgan fingerprint density at radius 3 is 2.34 bits per heavy atom. The highest BCUT2D eigenvalue weighted by Gasteiger charge is 2.38. The monoisotopic (exact) mass is 540 g/mol. The zero-order chi connectivity index (χ0) is 27.1. The molecule has 4 aromatic rings. The van der Waals surface area contributed by atoms with Crippen LogP contribution in [0.15, 0.2) is 77.8 Å². The lowest BCUT2D eigenvalue weighted by molar-refractivity contribution is -0.0240. The molecule has 6 nitrogen and oxygen atoms in total. The lowest BCUT2D eigenvalue weighted by Crippen LogP contribution is -2.45. The maximum Gasteiger partial charge on any atom is 0.253 e. The van der Waals surface area contributed by atoms with E-state index in [9.17, 15) is 31.5 Å². The lowest BCUT2D eigenvalue weighted by atomic mass is 9.84. The van der Waals surface area contributed by atoms with E-state index in [-0.39, 0.29) is 59.0 Å². The number of piperidine rings is 1. The SMILES string of the molecule is O=C(c1ccc(CS(=O)(=O)c2ccc(F)c3cccnc23)cc1)N1CCC(O)(c2cccc(F)c2F)CC1. The summed E-state index contributed by atoms with van der Waals surface area (Å²) in [5.74, 6) is -3.39. The summed E-state index contributed by atoms with van der Waals surface area (Å²) < 4.78 is 68.2. The zero-order valence-electron chi connectivity index (χ0n) is 20.1. The number of fused-ring (bicyclic) bond motifs is 1. The number of rotatable bonds is 5. The van der Waals surface area contributed by atoms with Crippen LogP contribution in [-0.2, 0) is 21.2 Å². The fraction of sp³-hybridized carbons (Fsp3) is 0.214. The van der Waals surface area contributed by atoms with Gasteiger partial charge in [0.25, 0.3) is 5.91 Å². The van der Waals surface area contributed by atoms with Gasteiger partial charge in [-0.2, -0.15) is 0 Å².